The molecule has 1 aliphatic rings. The first-order valence-corrected chi connectivity index (χ1v) is 2.80. The second-order valence-electron chi connectivity index (χ2n) is 2.00. The summed E-state index contributed by atoms with van der Waals surface area (Å²) in [6, 6.07) is 0.398. The van der Waals surface area contributed by atoms with Crippen molar-refractivity contribution in [2.75, 3.05) is 13.1 Å². The van der Waals surface area contributed by atoms with E-state index in [1.54, 1.807) is 0 Å². The fourth-order valence-corrected chi connectivity index (χ4v) is 0.767. The van der Waals surface area contributed by atoms with Crippen LogP contribution in [0.15, 0.2) is 4.99 Å². The quantitative estimate of drug-likeness (QED) is 0.474. The molecule has 0 bridgehead atoms. The summed E-state index contributed by atoms with van der Waals surface area (Å²) in [6.45, 7) is 3.48. The lowest BCUT2D eigenvalue weighted by atomic mass is 10.3. The first-order chi connectivity index (χ1) is 3.83. The van der Waals surface area contributed by atoms with Gasteiger partial charge in [0.1, 0.15) is 0 Å². The number of amidine groups is 1. The van der Waals surface area contributed by atoms with Crippen LogP contribution in [0.4, 0.5) is 0 Å². The summed E-state index contributed by atoms with van der Waals surface area (Å²) in [5.74, 6) is 1.01. The summed E-state index contributed by atoms with van der Waals surface area (Å²) in [7, 11) is 0. The summed E-state index contributed by atoms with van der Waals surface area (Å²) in [5, 5.41) is 3.13. The third-order valence-corrected chi connectivity index (χ3v) is 1.25. The molecular weight excluding hydrogens is 102 g/mol. The molecule has 46 valence electrons. The lowest BCUT2D eigenvalue weighted by Crippen LogP contribution is -2.35. The molecule has 0 aromatic carbocycles. The molecule has 1 atom stereocenters. The van der Waals surface area contributed by atoms with E-state index in [0.717, 1.165) is 12.4 Å². The van der Waals surface area contributed by atoms with Gasteiger partial charge in [0.2, 0.25) is 0 Å². The Labute approximate surface area is 49.0 Å². The fraction of sp³-hybridized carbons (Fsp3) is 0.800. The SMILES string of the molecule is CC1=NCC(CN)N1. The highest BCUT2D eigenvalue weighted by Crippen LogP contribution is 1.91. The van der Waals surface area contributed by atoms with Crippen LogP contribution in [0.3, 0.4) is 0 Å². The van der Waals surface area contributed by atoms with Crippen LogP contribution in [-0.4, -0.2) is 25.0 Å². The monoisotopic (exact) mass is 113 g/mol. The van der Waals surface area contributed by atoms with Crippen LogP contribution in [0, 0.1) is 0 Å². The molecule has 1 unspecified atom stereocenters. The van der Waals surface area contributed by atoms with Crippen molar-refractivity contribution < 1.29 is 0 Å². The van der Waals surface area contributed by atoms with Crippen LogP contribution < -0.4 is 11.1 Å². The van der Waals surface area contributed by atoms with Gasteiger partial charge < -0.3 is 11.1 Å². The Kier molecular flexibility index (Phi) is 1.48. The molecule has 0 aliphatic carbocycles. The minimum absolute atomic E-state index is 0.398. The van der Waals surface area contributed by atoms with Gasteiger partial charge in [-0.15, -0.1) is 0 Å². The number of nitrogens with two attached hydrogens (primary N) is 1. The molecule has 3 heteroatoms. The normalized spacial score (nSPS) is 27.2. The second kappa shape index (κ2) is 2.13. The van der Waals surface area contributed by atoms with E-state index in [2.05, 4.69) is 10.3 Å². The fourth-order valence-electron chi connectivity index (χ4n) is 0.767. The van der Waals surface area contributed by atoms with Crippen LogP contribution in [0.1, 0.15) is 6.92 Å². The van der Waals surface area contributed by atoms with E-state index in [1.165, 1.54) is 0 Å². The molecule has 0 aromatic heterocycles. The average Bonchev–Trinajstić information content (AvgIpc) is 2.14. The molecule has 1 heterocycles. The van der Waals surface area contributed by atoms with E-state index in [1.807, 2.05) is 6.92 Å². The lowest BCUT2D eigenvalue weighted by molar-refractivity contribution is 0.667. The van der Waals surface area contributed by atoms with Gasteiger partial charge in [-0.1, -0.05) is 0 Å². The van der Waals surface area contributed by atoms with Crippen molar-refractivity contribution in [3.63, 3.8) is 0 Å². The molecule has 0 spiro atoms. The predicted molar refractivity (Wildman–Crippen MR) is 34.0 cm³/mol. The van der Waals surface area contributed by atoms with Gasteiger partial charge in [-0.2, -0.15) is 0 Å². The Morgan fingerprint density at radius 1 is 2.00 bits per heavy atom. The van der Waals surface area contributed by atoms with E-state index in [9.17, 15) is 0 Å². The standard InChI is InChI=1S/C5H11N3/c1-4-7-3-5(2-6)8-4/h5H,2-3,6H2,1H3,(H,7,8). The lowest BCUT2D eigenvalue weighted by Gasteiger charge is -2.04. The van der Waals surface area contributed by atoms with Gasteiger partial charge in [0.25, 0.3) is 0 Å². The molecule has 3 nitrogen and oxygen atoms in total. The highest BCUT2D eigenvalue weighted by molar-refractivity contribution is 5.81. The van der Waals surface area contributed by atoms with Gasteiger partial charge >= 0.3 is 0 Å². The summed E-state index contributed by atoms with van der Waals surface area (Å²) >= 11 is 0. The average molecular weight is 113 g/mol. The zero-order valence-electron chi connectivity index (χ0n) is 5.02. The van der Waals surface area contributed by atoms with Crippen molar-refractivity contribution in [2.45, 2.75) is 13.0 Å². The van der Waals surface area contributed by atoms with Crippen LogP contribution >= 0.6 is 0 Å². The van der Waals surface area contributed by atoms with Gasteiger partial charge in [-0.3, -0.25) is 4.99 Å². The van der Waals surface area contributed by atoms with Crippen molar-refractivity contribution in [1.29, 1.82) is 0 Å². The third-order valence-electron chi connectivity index (χ3n) is 1.25. The van der Waals surface area contributed by atoms with Crippen molar-refractivity contribution >= 4 is 5.84 Å². The number of hydrogen-bond acceptors (Lipinski definition) is 3. The number of hydrogen-bond donors (Lipinski definition) is 2. The summed E-state index contributed by atoms with van der Waals surface area (Å²) < 4.78 is 0. The van der Waals surface area contributed by atoms with Crippen molar-refractivity contribution in [2.24, 2.45) is 10.7 Å². The molecule has 0 fully saturated rings. The highest BCUT2D eigenvalue weighted by atomic mass is 15.1. The van der Waals surface area contributed by atoms with Gasteiger partial charge in [-0.05, 0) is 6.92 Å². The molecule has 3 N–H and O–H groups in total. The number of nitrogens with zero attached hydrogens (tertiary/aromatic N) is 1. The van der Waals surface area contributed by atoms with Crippen molar-refractivity contribution in [1.82, 2.24) is 5.32 Å². The molecule has 0 saturated carbocycles. The molecule has 0 radical (unpaired) electrons. The van der Waals surface area contributed by atoms with E-state index in [0.29, 0.717) is 12.6 Å². The maximum absolute atomic E-state index is 5.36. The number of aliphatic imine (C=N–C) groups is 1. The van der Waals surface area contributed by atoms with Crippen molar-refractivity contribution in [3.05, 3.63) is 0 Å². The van der Waals surface area contributed by atoms with Crippen LogP contribution in [0.25, 0.3) is 0 Å². The summed E-state index contributed by atoms with van der Waals surface area (Å²) in [5.41, 5.74) is 5.36. The minimum Gasteiger partial charge on any atom is -0.368 e. The zero-order valence-corrected chi connectivity index (χ0v) is 5.02. The molecule has 0 amide bonds. The number of rotatable bonds is 1. The van der Waals surface area contributed by atoms with Crippen molar-refractivity contribution in [3.8, 4) is 0 Å². The summed E-state index contributed by atoms with van der Waals surface area (Å²) in [4.78, 5) is 4.11. The van der Waals surface area contributed by atoms with Gasteiger partial charge in [0.05, 0.1) is 18.4 Å². The molecule has 0 aromatic rings. The van der Waals surface area contributed by atoms with Gasteiger partial charge in [-0.25, -0.2) is 0 Å². The molecular formula is C5H11N3. The molecule has 0 saturated heterocycles. The van der Waals surface area contributed by atoms with E-state index in [-0.39, 0.29) is 0 Å². The predicted octanol–water partition coefficient (Wildman–Crippen LogP) is -0.665. The second-order valence-corrected chi connectivity index (χ2v) is 2.00. The summed E-state index contributed by atoms with van der Waals surface area (Å²) in [6.07, 6.45) is 0. The van der Waals surface area contributed by atoms with Crippen LogP contribution in [-0.2, 0) is 0 Å². The Balaban J connectivity index is 2.32. The largest absolute Gasteiger partial charge is 0.368 e. The van der Waals surface area contributed by atoms with Gasteiger partial charge in [0.15, 0.2) is 0 Å². The zero-order chi connectivity index (χ0) is 5.98. The molecule has 1 aliphatic heterocycles. The maximum atomic E-state index is 5.36. The first-order valence-electron chi connectivity index (χ1n) is 2.80. The topological polar surface area (TPSA) is 50.4 Å². The van der Waals surface area contributed by atoms with Crippen LogP contribution in [0.2, 0.25) is 0 Å². The number of nitrogens with one attached hydrogen (secondary N) is 1. The molecule has 8 heavy (non-hydrogen) atoms. The Bertz CT molecular complexity index is 108. The van der Waals surface area contributed by atoms with E-state index in [4.69, 9.17) is 5.73 Å². The minimum atomic E-state index is 0.398. The van der Waals surface area contributed by atoms with Crippen LogP contribution in [0.5, 0.6) is 0 Å². The Morgan fingerprint density at radius 2 is 2.75 bits per heavy atom. The van der Waals surface area contributed by atoms with Gasteiger partial charge in [0, 0.05) is 6.54 Å². The molecule has 1 rings (SSSR count). The van der Waals surface area contributed by atoms with E-state index >= 15 is 0 Å². The third kappa shape index (κ3) is 0.980. The van der Waals surface area contributed by atoms with E-state index < -0.39 is 0 Å². The smallest absolute Gasteiger partial charge is 0.0935 e. The highest BCUT2D eigenvalue weighted by Gasteiger charge is 2.10. The Morgan fingerprint density at radius 3 is 3.00 bits per heavy atom. The Hall–Kier alpha value is -0.570. The maximum Gasteiger partial charge on any atom is 0.0935 e. The first kappa shape index (κ1) is 5.56.